The van der Waals surface area contributed by atoms with Crippen LogP contribution >= 0.6 is 0 Å². The number of carbonyl (C=O) groups excluding carboxylic acids is 12. The molecule has 0 aromatic carbocycles. The molecule has 584 valence electrons. The van der Waals surface area contributed by atoms with Gasteiger partial charge in [0.2, 0.25) is 23.6 Å². The summed E-state index contributed by atoms with van der Waals surface area (Å²) in [5.74, 6) is 3.88. The first kappa shape index (κ1) is 96.2. The van der Waals surface area contributed by atoms with Crippen molar-refractivity contribution in [2.45, 2.75) is 399 Å². The predicted molar refractivity (Wildman–Crippen MR) is 412 cm³/mol. The van der Waals surface area contributed by atoms with Crippen molar-refractivity contribution in [2.75, 3.05) is 26.2 Å². The van der Waals surface area contributed by atoms with E-state index in [2.05, 4.69) is 27.7 Å². The van der Waals surface area contributed by atoms with Crippen LogP contribution in [-0.4, -0.2) is 140 Å². The zero-order chi connectivity index (χ0) is 70.1. The molecule has 0 N–H and O–H groups in total. The lowest BCUT2D eigenvalue weighted by Crippen LogP contribution is -2.42. The fourth-order valence-corrected chi connectivity index (χ4v) is 17.3. The molecule has 0 aromatic rings. The van der Waals surface area contributed by atoms with Crippen LogP contribution < -0.4 is 0 Å². The lowest BCUT2D eigenvalue weighted by Gasteiger charge is -2.29. The topological polar surface area (TPSA) is 218 Å². The summed E-state index contributed by atoms with van der Waals surface area (Å²) in [6, 6.07) is -1.54. The maximum Gasteiger partial charge on any atom is 0.223 e. The van der Waals surface area contributed by atoms with Crippen LogP contribution in [0.5, 0.6) is 0 Å². The predicted octanol–water partition coefficient (Wildman–Crippen LogP) is 18.8. The van der Waals surface area contributed by atoms with Gasteiger partial charge in [0.25, 0.3) is 0 Å². The Morgan fingerprint density at radius 2 is 0.455 bits per heavy atom. The number of likely N-dealkylation sites (tertiary alicyclic amines) is 4. The number of amides is 4. The number of Topliss-reactive ketones (excluding diaryl/α,β-unsaturated/α-hetero) is 8. The number of rotatable bonds is 36. The minimum atomic E-state index is -0.384. The lowest BCUT2D eigenvalue weighted by atomic mass is 9.77. The second kappa shape index (κ2) is 52.2. The molecule has 4 aliphatic heterocycles. The van der Waals surface area contributed by atoms with Gasteiger partial charge in [0, 0.05) is 75.5 Å². The summed E-state index contributed by atoms with van der Waals surface area (Å²) in [5.41, 5.74) is 0. The Labute approximate surface area is 616 Å². The van der Waals surface area contributed by atoms with Crippen LogP contribution in [0.3, 0.4) is 0 Å². The highest BCUT2D eigenvalue weighted by atomic mass is 16.2. The Bertz CT molecular complexity index is 2140. The van der Waals surface area contributed by atoms with Crippen molar-refractivity contribution in [3.05, 3.63) is 0 Å². The van der Waals surface area contributed by atoms with Crippen LogP contribution in [0.15, 0.2) is 0 Å². The quantitative estimate of drug-likeness (QED) is 0.0535. The highest BCUT2D eigenvalue weighted by Crippen LogP contribution is 2.38. The summed E-state index contributed by atoms with van der Waals surface area (Å²) in [4.78, 5) is 155. The van der Waals surface area contributed by atoms with E-state index in [0.717, 1.165) is 152 Å². The molecule has 16 nitrogen and oxygen atoms in total. The minimum absolute atomic E-state index is 0. The third-order valence-corrected chi connectivity index (χ3v) is 23.4. The molecule has 4 heterocycles. The molecular formula is C85H152N4O12. The van der Waals surface area contributed by atoms with Crippen molar-refractivity contribution >= 4 is 69.9 Å². The molecule has 0 unspecified atom stereocenters. The Hall–Kier alpha value is -4.76. The number of unbranched alkanes of at least 4 members (excludes halogenated alkanes) is 4. The maximum absolute atomic E-state index is 12.6. The van der Waals surface area contributed by atoms with Gasteiger partial charge in [0.1, 0.15) is 23.1 Å². The largest absolute Gasteiger partial charge is 0.333 e. The third kappa shape index (κ3) is 31.1. The normalized spacial score (nSPS) is 24.5. The Kier molecular flexibility index (Phi) is 49.8. The van der Waals surface area contributed by atoms with E-state index in [1.54, 1.807) is 19.6 Å². The zero-order valence-corrected chi connectivity index (χ0v) is 61.6. The van der Waals surface area contributed by atoms with Crippen LogP contribution in [-0.2, 0) is 57.5 Å². The van der Waals surface area contributed by atoms with E-state index in [4.69, 9.17) is 0 Å². The maximum atomic E-state index is 12.6. The van der Waals surface area contributed by atoms with Crippen molar-refractivity contribution in [1.82, 2.24) is 19.6 Å². The number of hydrogen-bond donors (Lipinski definition) is 0. The lowest BCUT2D eigenvalue weighted by molar-refractivity contribution is -0.139. The second-order valence-electron chi connectivity index (χ2n) is 30.3. The monoisotopic (exact) mass is 1420 g/mol. The number of carbonyl (C=O) groups is 12. The molecule has 0 aromatic heterocycles. The first-order valence-electron chi connectivity index (χ1n) is 39.6. The highest BCUT2D eigenvalue weighted by Gasteiger charge is 2.39. The van der Waals surface area contributed by atoms with Crippen LogP contribution in [0.4, 0.5) is 0 Å². The summed E-state index contributed by atoms with van der Waals surface area (Å²) < 4.78 is 0. The molecule has 8 rings (SSSR count). The fraction of sp³-hybridized carbons (Fsp3) is 0.859. The molecule has 16 heteroatoms. The van der Waals surface area contributed by atoms with E-state index in [1.807, 2.05) is 27.7 Å². The molecule has 8 fully saturated rings. The van der Waals surface area contributed by atoms with E-state index >= 15 is 0 Å². The van der Waals surface area contributed by atoms with E-state index in [-0.39, 0.29) is 181 Å². The Morgan fingerprint density at radius 3 is 0.584 bits per heavy atom. The molecule has 4 amide bonds. The Balaban J connectivity index is 0.00000130. The van der Waals surface area contributed by atoms with Gasteiger partial charge in [-0.05, 0) is 178 Å². The van der Waals surface area contributed by atoms with Gasteiger partial charge in [-0.25, -0.2) is 0 Å². The van der Waals surface area contributed by atoms with E-state index in [0.29, 0.717) is 77.5 Å². The molecule has 8 aliphatic rings. The standard InChI is InChI=1S/4C20H33NO3.5CH4/c4*1-3-5-7-15-9-11-16(12-10-15)18(22)14-19(23)17(4-2)21-13-6-8-20(21)24;;;;;/h4*15-17H,3-14H2,1-2H3;5*1H4/t4*15?,16?,17-;;;;;/m0000...../s1. The van der Waals surface area contributed by atoms with Gasteiger partial charge >= 0.3 is 0 Å². The molecular weight excluding hydrogens is 1270 g/mol. The van der Waals surface area contributed by atoms with E-state index in [1.165, 1.54) is 77.0 Å². The molecule has 0 radical (unpaired) electrons. The summed E-state index contributed by atoms with van der Waals surface area (Å²) in [7, 11) is 0. The van der Waals surface area contributed by atoms with Gasteiger partial charge in [-0.15, -0.1) is 0 Å². The van der Waals surface area contributed by atoms with Crippen LogP contribution in [0.2, 0.25) is 0 Å². The zero-order valence-electron chi connectivity index (χ0n) is 61.6. The average molecular weight is 1420 g/mol. The molecule has 4 aliphatic carbocycles. The molecule has 4 saturated carbocycles. The summed E-state index contributed by atoms with van der Waals surface area (Å²) in [6.45, 7) is 19.3. The van der Waals surface area contributed by atoms with Gasteiger partial charge < -0.3 is 19.6 Å². The smallest absolute Gasteiger partial charge is 0.223 e. The van der Waals surface area contributed by atoms with Gasteiger partial charge in [-0.3, -0.25) is 57.5 Å². The van der Waals surface area contributed by atoms with Crippen LogP contribution in [0.1, 0.15) is 375 Å². The summed E-state index contributed by atoms with van der Waals surface area (Å²) >= 11 is 0. The molecule has 4 saturated heterocycles. The van der Waals surface area contributed by atoms with Gasteiger partial charge in [-0.2, -0.15) is 0 Å². The van der Waals surface area contributed by atoms with Gasteiger partial charge in [-0.1, -0.05) is 170 Å². The number of nitrogens with zero attached hydrogens (tertiary/aromatic N) is 4. The summed E-state index contributed by atoms with van der Waals surface area (Å²) in [6.07, 6.45) is 39.8. The van der Waals surface area contributed by atoms with Crippen molar-refractivity contribution in [3.8, 4) is 0 Å². The van der Waals surface area contributed by atoms with Crippen molar-refractivity contribution in [2.24, 2.45) is 47.3 Å². The average Bonchev–Trinajstić information content (AvgIpc) is 1.79. The molecule has 4 atom stereocenters. The van der Waals surface area contributed by atoms with Gasteiger partial charge in [0.15, 0.2) is 23.1 Å². The molecule has 101 heavy (non-hydrogen) atoms. The van der Waals surface area contributed by atoms with E-state index < -0.39 is 0 Å². The first-order valence-corrected chi connectivity index (χ1v) is 39.6. The fourth-order valence-electron chi connectivity index (χ4n) is 17.3. The van der Waals surface area contributed by atoms with Crippen LogP contribution in [0, 0.1) is 47.3 Å². The van der Waals surface area contributed by atoms with E-state index in [9.17, 15) is 57.5 Å². The first-order chi connectivity index (χ1) is 46.2. The third-order valence-electron chi connectivity index (χ3n) is 23.4. The number of hydrogen-bond acceptors (Lipinski definition) is 12. The van der Waals surface area contributed by atoms with Gasteiger partial charge in [0.05, 0.1) is 49.9 Å². The van der Waals surface area contributed by atoms with Crippen LogP contribution in [0.25, 0.3) is 0 Å². The SMILES string of the molecule is C.C.C.C.C.CCCCC1CCC(C(=O)CC(=O)[C@H](CC)N2CCCC2=O)CC1.CCCCC1CCC(C(=O)CC(=O)[C@H](CC)N2CCCC2=O)CC1.CCCCC1CCC(C(=O)CC(=O)[C@H](CC)N2CCCC2=O)CC1.CCCCC1CCC(C(=O)CC(=O)[C@H](CC)N2CCCC2=O)CC1. The van der Waals surface area contributed by atoms with Crippen molar-refractivity contribution < 1.29 is 57.5 Å². The minimum Gasteiger partial charge on any atom is -0.333 e. The van der Waals surface area contributed by atoms with Crippen molar-refractivity contribution in [3.63, 3.8) is 0 Å². The Morgan fingerprint density at radius 1 is 0.287 bits per heavy atom. The highest BCUT2D eigenvalue weighted by molar-refractivity contribution is 6.06. The van der Waals surface area contributed by atoms with Crippen molar-refractivity contribution in [1.29, 1.82) is 0 Å². The molecule has 0 bridgehead atoms. The number of ketones is 8. The molecule has 0 spiro atoms. The second-order valence-corrected chi connectivity index (χ2v) is 30.3. The summed E-state index contributed by atoms with van der Waals surface area (Å²) in [5, 5.41) is 0.